The van der Waals surface area contributed by atoms with Crippen LogP contribution in [0.3, 0.4) is 0 Å². The highest BCUT2D eigenvalue weighted by atomic mass is 16.4. The van der Waals surface area contributed by atoms with Crippen molar-refractivity contribution in [2.75, 3.05) is 0 Å². The van der Waals surface area contributed by atoms with Gasteiger partial charge in [0.2, 0.25) is 0 Å². The van der Waals surface area contributed by atoms with Gasteiger partial charge in [-0.15, -0.1) is 0 Å². The van der Waals surface area contributed by atoms with Crippen LogP contribution in [0.1, 0.15) is 18.2 Å². The molecule has 0 radical (unpaired) electrons. The summed E-state index contributed by atoms with van der Waals surface area (Å²) in [4.78, 5) is 14.9. The molecule has 2 rings (SSSR count). The van der Waals surface area contributed by atoms with Crippen LogP contribution in [0.2, 0.25) is 0 Å². The number of aromatic nitrogens is 1. The summed E-state index contributed by atoms with van der Waals surface area (Å²) in [5.41, 5.74) is 2.82. The zero-order valence-corrected chi connectivity index (χ0v) is 9.11. The molecule has 0 fully saturated rings. The number of oxime groups is 1. The summed E-state index contributed by atoms with van der Waals surface area (Å²) in [6.07, 6.45) is 0. The van der Waals surface area contributed by atoms with Gasteiger partial charge >= 0.3 is 0 Å². The average Bonchev–Trinajstić information content (AvgIpc) is 2.27. The quantitative estimate of drug-likeness (QED) is 0.435. The minimum atomic E-state index is -0.0289. The minimum absolute atomic E-state index is 0.0289. The summed E-state index contributed by atoms with van der Waals surface area (Å²) in [7, 11) is 0. The number of aryl methyl sites for hydroxylation is 1. The molecule has 1 heterocycles. The first-order chi connectivity index (χ1) is 7.61. The maximum atomic E-state index is 11.7. The van der Waals surface area contributed by atoms with Gasteiger partial charge in [0.1, 0.15) is 0 Å². The van der Waals surface area contributed by atoms with Gasteiger partial charge in [0.15, 0.2) is 5.43 Å². The number of benzene rings is 1. The van der Waals surface area contributed by atoms with Crippen LogP contribution in [0.15, 0.2) is 34.2 Å². The molecule has 4 heteroatoms. The summed E-state index contributed by atoms with van der Waals surface area (Å²) in [6.45, 7) is 3.53. The van der Waals surface area contributed by atoms with Crippen molar-refractivity contribution in [2.24, 2.45) is 5.16 Å². The third-order valence-electron chi connectivity index (χ3n) is 2.53. The van der Waals surface area contributed by atoms with Gasteiger partial charge in [-0.3, -0.25) is 4.79 Å². The Balaban J connectivity index is 2.76. The largest absolute Gasteiger partial charge is 0.411 e. The molecule has 0 saturated heterocycles. The van der Waals surface area contributed by atoms with Crippen LogP contribution in [-0.2, 0) is 0 Å². The van der Waals surface area contributed by atoms with Crippen LogP contribution in [-0.4, -0.2) is 15.9 Å². The van der Waals surface area contributed by atoms with E-state index in [0.29, 0.717) is 11.1 Å². The number of aromatic amines is 1. The molecule has 16 heavy (non-hydrogen) atoms. The molecule has 0 unspecified atom stereocenters. The van der Waals surface area contributed by atoms with E-state index in [1.165, 1.54) is 0 Å². The van der Waals surface area contributed by atoms with Crippen LogP contribution in [0.5, 0.6) is 0 Å². The van der Waals surface area contributed by atoms with Crippen molar-refractivity contribution in [2.45, 2.75) is 13.8 Å². The fourth-order valence-electron chi connectivity index (χ4n) is 1.66. The standard InChI is InChI=1S/C12H12N2O2/c1-7-5-12(15)10-6-9(8(2)14-16)3-4-11(10)13-7/h3-6,16H,1-2H3,(H,13,15)/b14-8-. The number of pyridine rings is 1. The molecular formula is C12H12N2O2. The lowest BCUT2D eigenvalue weighted by Crippen LogP contribution is -2.04. The number of hydrogen-bond acceptors (Lipinski definition) is 3. The molecule has 0 aliphatic rings. The third kappa shape index (κ3) is 1.69. The Labute approximate surface area is 92.2 Å². The maximum Gasteiger partial charge on any atom is 0.189 e. The van der Waals surface area contributed by atoms with Gasteiger partial charge in [0, 0.05) is 22.7 Å². The van der Waals surface area contributed by atoms with Crippen molar-refractivity contribution in [3.63, 3.8) is 0 Å². The van der Waals surface area contributed by atoms with Crippen molar-refractivity contribution in [1.29, 1.82) is 0 Å². The summed E-state index contributed by atoms with van der Waals surface area (Å²) >= 11 is 0. The number of fused-ring (bicyclic) bond motifs is 1. The third-order valence-corrected chi connectivity index (χ3v) is 2.53. The summed E-state index contributed by atoms with van der Waals surface area (Å²) in [5.74, 6) is 0. The molecule has 0 aliphatic heterocycles. The minimum Gasteiger partial charge on any atom is -0.411 e. The van der Waals surface area contributed by atoms with Gasteiger partial charge in [-0.1, -0.05) is 11.2 Å². The van der Waals surface area contributed by atoms with Gasteiger partial charge in [-0.05, 0) is 31.5 Å². The lowest BCUT2D eigenvalue weighted by Gasteiger charge is -2.03. The molecule has 2 aromatic rings. The normalized spacial score (nSPS) is 12.0. The van der Waals surface area contributed by atoms with Crippen molar-refractivity contribution in [1.82, 2.24) is 4.98 Å². The molecule has 1 aromatic carbocycles. The number of hydrogen-bond donors (Lipinski definition) is 2. The van der Waals surface area contributed by atoms with Crippen molar-refractivity contribution in [3.8, 4) is 0 Å². The van der Waals surface area contributed by atoms with E-state index in [0.717, 1.165) is 16.8 Å². The van der Waals surface area contributed by atoms with Gasteiger partial charge in [-0.25, -0.2) is 0 Å². The first kappa shape index (κ1) is 10.4. The van der Waals surface area contributed by atoms with E-state index in [1.54, 1.807) is 19.1 Å². The van der Waals surface area contributed by atoms with E-state index < -0.39 is 0 Å². The smallest absolute Gasteiger partial charge is 0.189 e. The monoisotopic (exact) mass is 216 g/mol. The summed E-state index contributed by atoms with van der Waals surface area (Å²) in [5, 5.41) is 12.4. The van der Waals surface area contributed by atoms with Crippen LogP contribution < -0.4 is 5.43 Å². The average molecular weight is 216 g/mol. The van der Waals surface area contributed by atoms with Crippen LogP contribution >= 0.6 is 0 Å². The van der Waals surface area contributed by atoms with E-state index in [9.17, 15) is 4.79 Å². The molecule has 0 bridgehead atoms. The van der Waals surface area contributed by atoms with E-state index >= 15 is 0 Å². The Morgan fingerprint density at radius 1 is 1.38 bits per heavy atom. The van der Waals surface area contributed by atoms with Gasteiger partial charge in [0.05, 0.1) is 5.71 Å². The molecule has 0 amide bonds. The van der Waals surface area contributed by atoms with Gasteiger partial charge in [0.25, 0.3) is 0 Å². The molecule has 0 aliphatic carbocycles. The molecular weight excluding hydrogens is 204 g/mol. The Morgan fingerprint density at radius 3 is 2.81 bits per heavy atom. The van der Waals surface area contributed by atoms with E-state index in [1.807, 2.05) is 19.1 Å². The lowest BCUT2D eigenvalue weighted by molar-refractivity contribution is 0.319. The SMILES string of the molecule is C/C(=N/O)c1ccc2[nH]c(C)cc(=O)c2c1. The topological polar surface area (TPSA) is 65.5 Å². The molecule has 0 saturated carbocycles. The Kier molecular flexibility index (Phi) is 2.48. The van der Waals surface area contributed by atoms with E-state index in [-0.39, 0.29) is 5.43 Å². The molecule has 82 valence electrons. The second-order valence-corrected chi connectivity index (χ2v) is 3.76. The molecule has 0 spiro atoms. The molecule has 0 atom stereocenters. The number of nitrogens with zero attached hydrogens (tertiary/aromatic N) is 1. The molecule has 2 N–H and O–H groups in total. The zero-order valence-electron chi connectivity index (χ0n) is 9.11. The van der Waals surface area contributed by atoms with E-state index in [2.05, 4.69) is 10.1 Å². The van der Waals surface area contributed by atoms with Crippen LogP contribution in [0.25, 0.3) is 10.9 Å². The molecule has 4 nitrogen and oxygen atoms in total. The van der Waals surface area contributed by atoms with E-state index in [4.69, 9.17) is 5.21 Å². The highest BCUT2D eigenvalue weighted by Crippen LogP contribution is 2.11. The fraction of sp³-hybridized carbons (Fsp3) is 0.167. The van der Waals surface area contributed by atoms with Crippen LogP contribution in [0, 0.1) is 6.92 Å². The zero-order chi connectivity index (χ0) is 11.7. The Bertz CT molecular complexity index is 626. The fourth-order valence-corrected chi connectivity index (χ4v) is 1.66. The molecule has 1 aromatic heterocycles. The second-order valence-electron chi connectivity index (χ2n) is 3.76. The van der Waals surface area contributed by atoms with Crippen molar-refractivity contribution < 1.29 is 5.21 Å². The lowest BCUT2D eigenvalue weighted by atomic mass is 10.1. The predicted octanol–water partition coefficient (Wildman–Crippen LogP) is 2.03. The predicted molar refractivity (Wildman–Crippen MR) is 63.3 cm³/mol. The van der Waals surface area contributed by atoms with Crippen molar-refractivity contribution in [3.05, 3.63) is 45.7 Å². The first-order valence-electron chi connectivity index (χ1n) is 4.94. The number of H-pyrrole nitrogens is 1. The number of rotatable bonds is 1. The van der Waals surface area contributed by atoms with Crippen molar-refractivity contribution >= 4 is 16.6 Å². The first-order valence-corrected chi connectivity index (χ1v) is 4.94. The summed E-state index contributed by atoms with van der Waals surface area (Å²) < 4.78 is 0. The highest BCUT2D eigenvalue weighted by molar-refractivity contribution is 6.01. The Hall–Kier alpha value is -2.10. The van der Waals surface area contributed by atoms with Gasteiger partial charge < -0.3 is 10.2 Å². The highest BCUT2D eigenvalue weighted by Gasteiger charge is 2.03. The van der Waals surface area contributed by atoms with Gasteiger partial charge in [-0.2, -0.15) is 0 Å². The maximum absolute atomic E-state index is 11.7. The van der Waals surface area contributed by atoms with Crippen LogP contribution in [0.4, 0.5) is 0 Å². The second kappa shape index (κ2) is 3.81. The summed E-state index contributed by atoms with van der Waals surface area (Å²) in [6, 6.07) is 6.90. The Morgan fingerprint density at radius 2 is 2.12 bits per heavy atom. The number of nitrogens with one attached hydrogen (secondary N) is 1.